The molecule has 0 heterocycles. The van der Waals surface area contributed by atoms with Crippen molar-refractivity contribution in [1.82, 2.24) is 0 Å². The number of hydrogen-bond donors (Lipinski definition) is 2. The van der Waals surface area contributed by atoms with Crippen LogP contribution in [0.5, 0.6) is 11.5 Å². The van der Waals surface area contributed by atoms with Crippen molar-refractivity contribution in [2.45, 2.75) is 19.8 Å². The molecule has 2 aromatic rings. The lowest BCUT2D eigenvalue weighted by Crippen LogP contribution is -2.05. The van der Waals surface area contributed by atoms with Crippen LogP contribution in [-0.2, 0) is 6.42 Å². The topological polar surface area (TPSA) is 90.5 Å². The van der Waals surface area contributed by atoms with Crippen LogP contribution in [0.3, 0.4) is 0 Å². The van der Waals surface area contributed by atoms with Crippen LogP contribution in [-0.4, -0.2) is 23.3 Å². The third kappa shape index (κ3) is 4.77. The highest BCUT2D eigenvalue weighted by Gasteiger charge is 2.21. The molecular weight excluding hydrogens is 342 g/mol. The van der Waals surface area contributed by atoms with Gasteiger partial charge in [-0.05, 0) is 49.1 Å². The summed E-state index contributed by atoms with van der Waals surface area (Å²) in [5.41, 5.74) is 2.76. The zero-order valence-electron chi connectivity index (χ0n) is 15.3. The fraction of sp³-hybridized carbons (Fsp3) is 0.182. The highest BCUT2D eigenvalue weighted by Crippen LogP contribution is 2.36. The van der Waals surface area contributed by atoms with Gasteiger partial charge in [-0.15, -0.1) is 6.58 Å². The number of allylic oxidation sites excluding steroid dienone is 1. The maximum absolute atomic E-state index is 11.7. The second-order valence-corrected chi connectivity index (χ2v) is 6.20. The summed E-state index contributed by atoms with van der Waals surface area (Å²) in [6.45, 7) is 5.70. The van der Waals surface area contributed by atoms with Gasteiger partial charge >= 0.3 is 5.97 Å². The molecule has 0 fully saturated rings. The molecule has 0 radical (unpaired) electrons. The minimum absolute atomic E-state index is 0.180. The largest absolute Gasteiger partial charge is 0.507 e. The van der Waals surface area contributed by atoms with E-state index < -0.39 is 5.97 Å². The van der Waals surface area contributed by atoms with Gasteiger partial charge in [0.2, 0.25) is 0 Å². The molecule has 0 saturated carbocycles. The maximum atomic E-state index is 11.7. The third-order valence-electron chi connectivity index (χ3n) is 4.10. The van der Waals surface area contributed by atoms with E-state index in [0.29, 0.717) is 35.3 Å². The van der Waals surface area contributed by atoms with Crippen LogP contribution in [0.4, 0.5) is 0 Å². The number of aromatic carboxylic acids is 1. The molecule has 0 aliphatic carbocycles. The quantitative estimate of drug-likeness (QED) is 0.552. The second kappa shape index (κ2) is 8.72. The van der Waals surface area contributed by atoms with Gasteiger partial charge in [0.15, 0.2) is 0 Å². The van der Waals surface area contributed by atoms with Crippen LogP contribution >= 0.6 is 0 Å². The second-order valence-electron chi connectivity index (χ2n) is 6.20. The number of ether oxygens (including phenoxy) is 1. The maximum Gasteiger partial charge on any atom is 0.340 e. The molecule has 27 heavy (non-hydrogen) atoms. The molecule has 0 aliphatic heterocycles. The van der Waals surface area contributed by atoms with E-state index in [1.165, 1.54) is 7.11 Å². The van der Waals surface area contributed by atoms with Crippen LogP contribution in [0.25, 0.3) is 12.2 Å². The molecule has 0 atom stereocenters. The summed E-state index contributed by atoms with van der Waals surface area (Å²) in [4.78, 5) is 11.7. The molecule has 0 saturated heterocycles. The normalized spacial score (nSPS) is 10.6. The summed E-state index contributed by atoms with van der Waals surface area (Å²) in [6.07, 6.45) is 4.32. The van der Waals surface area contributed by atoms with E-state index in [1.54, 1.807) is 42.5 Å². The van der Waals surface area contributed by atoms with Gasteiger partial charge < -0.3 is 14.9 Å². The number of aromatic hydroxyl groups is 1. The van der Waals surface area contributed by atoms with Crippen molar-refractivity contribution in [3.05, 3.63) is 70.3 Å². The van der Waals surface area contributed by atoms with Crippen LogP contribution < -0.4 is 4.74 Å². The highest BCUT2D eigenvalue weighted by atomic mass is 16.5. The number of methoxy groups -OCH3 is 1. The average Bonchev–Trinajstić information content (AvgIpc) is 2.64. The number of carbonyl (C=O) groups is 1. The SMILES string of the molecule is C=C(C)CCc1c(OC)cc(/C=C/c2cccc(C#N)c2)c(C(=O)O)c1O. The number of nitriles is 1. The van der Waals surface area contributed by atoms with Crippen LogP contribution in [0.15, 0.2) is 42.5 Å². The smallest absolute Gasteiger partial charge is 0.340 e. The van der Waals surface area contributed by atoms with Gasteiger partial charge in [-0.3, -0.25) is 0 Å². The van der Waals surface area contributed by atoms with E-state index in [0.717, 1.165) is 11.1 Å². The van der Waals surface area contributed by atoms with Gasteiger partial charge in [-0.2, -0.15) is 5.26 Å². The average molecular weight is 363 g/mol. The van der Waals surface area contributed by atoms with Crippen molar-refractivity contribution >= 4 is 18.1 Å². The summed E-state index contributed by atoms with van der Waals surface area (Å²) in [7, 11) is 1.48. The van der Waals surface area contributed by atoms with Crippen molar-refractivity contribution in [3.8, 4) is 17.6 Å². The van der Waals surface area contributed by atoms with Gasteiger partial charge in [-0.1, -0.05) is 29.9 Å². The van der Waals surface area contributed by atoms with Gasteiger partial charge in [-0.25, -0.2) is 4.79 Å². The minimum atomic E-state index is -1.22. The first-order chi connectivity index (χ1) is 12.9. The van der Waals surface area contributed by atoms with Crippen molar-refractivity contribution in [2.75, 3.05) is 7.11 Å². The Labute approximate surface area is 158 Å². The number of carboxylic acid groups (broad SMARTS) is 1. The van der Waals surface area contributed by atoms with Crippen molar-refractivity contribution in [1.29, 1.82) is 5.26 Å². The Bertz CT molecular complexity index is 952. The zero-order chi connectivity index (χ0) is 20.0. The minimum Gasteiger partial charge on any atom is -0.507 e. The van der Waals surface area contributed by atoms with E-state index in [9.17, 15) is 15.0 Å². The number of rotatable bonds is 7. The summed E-state index contributed by atoms with van der Waals surface area (Å²) < 4.78 is 5.36. The van der Waals surface area contributed by atoms with E-state index in [1.807, 2.05) is 6.92 Å². The van der Waals surface area contributed by atoms with Gasteiger partial charge in [0, 0.05) is 5.56 Å². The first kappa shape index (κ1) is 19.8. The predicted octanol–water partition coefficient (Wildman–Crippen LogP) is 4.65. The Morgan fingerprint density at radius 1 is 1.33 bits per heavy atom. The Kier molecular flexibility index (Phi) is 6.40. The number of hydrogen-bond acceptors (Lipinski definition) is 4. The highest BCUT2D eigenvalue weighted by molar-refractivity contribution is 5.97. The molecule has 0 spiro atoms. The zero-order valence-corrected chi connectivity index (χ0v) is 15.3. The molecule has 0 unspecified atom stereocenters. The Morgan fingerprint density at radius 2 is 2.07 bits per heavy atom. The van der Waals surface area contributed by atoms with Gasteiger partial charge in [0.25, 0.3) is 0 Å². The molecule has 2 N–H and O–H groups in total. The van der Waals surface area contributed by atoms with Crippen LogP contribution in [0, 0.1) is 11.3 Å². The standard InChI is InChI=1S/C22H21NO4/c1-14(2)7-10-18-19(27-3)12-17(20(21(18)24)22(25)26)9-8-15-5-4-6-16(11-15)13-23/h4-6,8-9,11-12,24H,1,7,10H2,2-3H3,(H,25,26)/b9-8+. The Balaban J connectivity index is 2.53. The van der Waals surface area contributed by atoms with Gasteiger partial charge in [0.05, 0.1) is 18.7 Å². The van der Waals surface area contributed by atoms with E-state index in [-0.39, 0.29) is 11.3 Å². The molecule has 0 amide bonds. The predicted molar refractivity (Wildman–Crippen MR) is 105 cm³/mol. The van der Waals surface area contributed by atoms with Crippen molar-refractivity contribution in [3.63, 3.8) is 0 Å². The van der Waals surface area contributed by atoms with Crippen LogP contribution in [0.1, 0.15) is 46.0 Å². The lowest BCUT2D eigenvalue weighted by atomic mass is 9.96. The molecule has 2 aromatic carbocycles. The van der Waals surface area contributed by atoms with Gasteiger partial charge in [0.1, 0.15) is 17.1 Å². The molecule has 5 nitrogen and oxygen atoms in total. The van der Waals surface area contributed by atoms with E-state index in [4.69, 9.17) is 10.00 Å². The molecule has 138 valence electrons. The van der Waals surface area contributed by atoms with E-state index >= 15 is 0 Å². The fourth-order valence-corrected chi connectivity index (χ4v) is 2.72. The van der Waals surface area contributed by atoms with Crippen LogP contribution in [0.2, 0.25) is 0 Å². The van der Waals surface area contributed by atoms with Crippen molar-refractivity contribution < 1.29 is 19.7 Å². The summed E-state index contributed by atoms with van der Waals surface area (Å²) in [6, 6.07) is 10.6. The summed E-state index contributed by atoms with van der Waals surface area (Å²) in [5, 5.41) is 29.2. The number of phenols is 1. The Morgan fingerprint density at radius 3 is 2.67 bits per heavy atom. The number of nitrogens with zero attached hydrogens (tertiary/aromatic N) is 1. The number of benzene rings is 2. The fourth-order valence-electron chi connectivity index (χ4n) is 2.72. The Hall–Kier alpha value is -3.52. The molecule has 0 aliphatic rings. The third-order valence-corrected chi connectivity index (χ3v) is 4.10. The first-order valence-electron chi connectivity index (χ1n) is 8.36. The molecule has 0 aromatic heterocycles. The number of carboxylic acids is 1. The first-order valence-corrected chi connectivity index (χ1v) is 8.36. The molecular formula is C22H21NO4. The summed E-state index contributed by atoms with van der Waals surface area (Å²) >= 11 is 0. The molecule has 5 heteroatoms. The molecule has 2 rings (SSSR count). The summed E-state index contributed by atoms with van der Waals surface area (Å²) in [5.74, 6) is -1.10. The monoisotopic (exact) mass is 363 g/mol. The van der Waals surface area contributed by atoms with E-state index in [2.05, 4.69) is 12.6 Å². The van der Waals surface area contributed by atoms with Crippen molar-refractivity contribution in [2.24, 2.45) is 0 Å². The lowest BCUT2D eigenvalue weighted by molar-refractivity contribution is 0.0693. The lowest BCUT2D eigenvalue weighted by Gasteiger charge is -2.15. The molecule has 0 bridgehead atoms.